The Labute approximate surface area is 848 Å². The smallest absolute Gasteiger partial charge is 0.286 e. The molecule has 33 heteroatoms. The molecule has 0 unspecified atom stereocenters. The van der Waals surface area contributed by atoms with Crippen LogP contribution in [0.15, 0.2) is 195 Å². The molecule has 8 heterocycles. The van der Waals surface area contributed by atoms with Gasteiger partial charge in [-0.1, -0.05) is 167 Å². The Morgan fingerprint density at radius 1 is 0.343 bits per heavy atom. The van der Waals surface area contributed by atoms with Gasteiger partial charge in [0.15, 0.2) is 61.1 Å². The molecule has 4 fully saturated rings. The third kappa shape index (κ3) is 58.6. The molecule has 0 spiro atoms. The van der Waals surface area contributed by atoms with Crippen molar-refractivity contribution in [1.29, 1.82) is 0 Å². The quantitative estimate of drug-likeness (QED) is 0.00592. The molecule has 12 rings (SSSR count). The second-order valence-electron chi connectivity index (χ2n) is 31.5. The van der Waals surface area contributed by atoms with Crippen molar-refractivity contribution < 1.29 is 56.6 Å². The number of halogens is 4. The number of aldehydes is 1. The van der Waals surface area contributed by atoms with E-state index in [1.54, 1.807) is 98.7 Å². The summed E-state index contributed by atoms with van der Waals surface area (Å²) in [6.45, 7) is 18.0. The van der Waals surface area contributed by atoms with Crippen molar-refractivity contribution in [2.75, 3.05) is 150 Å². The van der Waals surface area contributed by atoms with Gasteiger partial charge >= 0.3 is 0 Å². The Bertz CT molecular complexity index is 4340. The largest absolute Gasteiger partial charge is 0.372 e. The lowest BCUT2D eigenvalue weighted by molar-refractivity contribution is -0.684. The number of Topliss-reactive ketones (excluding diaryl/α,β-unsaturated/α-hetero) is 3. The van der Waals surface area contributed by atoms with Crippen molar-refractivity contribution >= 4 is 221 Å². The highest BCUT2D eigenvalue weighted by Crippen LogP contribution is 2.27. The van der Waals surface area contributed by atoms with Crippen molar-refractivity contribution in [3.63, 3.8) is 0 Å². The van der Waals surface area contributed by atoms with Gasteiger partial charge in [0.25, 0.3) is 11.8 Å². The number of amides is 3. The van der Waals surface area contributed by atoms with Gasteiger partial charge in [-0.25, -0.2) is 0 Å². The number of anilines is 3. The minimum absolute atomic E-state index is 0.00621. The number of hydrogen-bond acceptors (Lipinski definition) is 22. The molecule has 3 aliphatic heterocycles. The fourth-order valence-electron chi connectivity index (χ4n) is 13.0. The van der Waals surface area contributed by atoms with Crippen molar-refractivity contribution in [3.05, 3.63) is 240 Å². The van der Waals surface area contributed by atoms with Crippen LogP contribution in [0.25, 0.3) is 24.3 Å². The molecular formula is C101H139Cl4N13O8S8+4. The van der Waals surface area contributed by atoms with Crippen molar-refractivity contribution in [1.82, 2.24) is 20.9 Å². The minimum Gasteiger partial charge on any atom is -0.372 e. The molecule has 8 aromatic rings. The predicted molar refractivity (Wildman–Crippen MR) is 578 cm³/mol. The van der Waals surface area contributed by atoms with Gasteiger partial charge in [0, 0.05) is 221 Å². The summed E-state index contributed by atoms with van der Waals surface area (Å²) in [5.74, 6) is 7.92. The molecule has 3 saturated heterocycles. The van der Waals surface area contributed by atoms with Crippen LogP contribution in [-0.4, -0.2) is 187 Å². The number of pyridine rings is 5. The molecule has 21 nitrogen and oxygen atoms in total. The van der Waals surface area contributed by atoms with E-state index in [9.17, 15) is 38.4 Å². The van der Waals surface area contributed by atoms with Gasteiger partial charge in [0.2, 0.25) is 37.3 Å². The Balaban J connectivity index is 0.000000320. The van der Waals surface area contributed by atoms with E-state index in [-0.39, 0.29) is 52.7 Å². The summed E-state index contributed by atoms with van der Waals surface area (Å²) in [6.07, 6.45) is 48.1. The fourth-order valence-corrected chi connectivity index (χ4v) is 20.9. The predicted octanol–water partition coefficient (Wildman–Crippen LogP) is 18.8. The van der Waals surface area contributed by atoms with E-state index >= 15 is 0 Å². The number of carbonyl (C=O) groups excluding carboxylic acids is 8. The number of aryl methyl sites for hydroxylation is 3. The molecule has 0 radical (unpaired) electrons. The lowest BCUT2D eigenvalue weighted by Gasteiger charge is -2.17. The second kappa shape index (κ2) is 76.8. The topological polar surface area (TPSA) is 263 Å². The molecule has 1 aliphatic carbocycles. The van der Waals surface area contributed by atoms with Crippen molar-refractivity contribution in [2.24, 2.45) is 11.5 Å². The number of ketones is 3. The highest BCUT2D eigenvalue weighted by Gasteiger charge is 2.18. The van der Waals surface area contributed by atoms with Gasteiger partial charge in [-0.2, -0.15) is 18.3 Å². The van der Waals surface area contributed by atoms with Crippen LogP contribution in [0.1, 0.15) is 158 Å². The van der Waals surface area contributed by atoms with Crippen LogP contribution in [0.2, 0.25) is 0 Å². The highest BCUT2D eigenvalue weighted by atomic mass is 35.5. The van der Waals surface area contributed by atoms with E-state index in [0.29, 0.717) is 65.1 Å². The lowest BCUT2D eigenvalue weighted by Crippen LogP contribution is -2.42. The molecule has 0 bridgehead atoms. The third-order valence-corrected chi connectivity index (χ3v) is 31.3. The first kappa shape index (κ1) is 117. The fraction of sp³-hybridized carbons (Fsp3) is 0.455. The van der Waals surface area contributed by atoms with Crippen LogP contribution >= 0.6 is 133 Å². The maximum atomic E-state index is 12.5. The molecule has 1 saturated carbocycles. The number of benzene rings is 3. The number of aromatic nitrogens is 5. The number of alkyl halides is 3. The SMILES string of the molecule is C1CCCC1.Cc1cc[n+](CC(=O)CCCSSCCNC(=O)C[n+]2ccc(C)cc2)cc1.Cc1ccncc1.NCCSSCCN.O=C(CCCSSCCNC(=O)C[n+]1ccc(/C=C/c2ccc(N3CCCC3)cc2)cc1)C[n+]1ccc(/C=C/c2ccc(N3CCCC3)cc2)cc1.O=C(CCl)CCCSSCCNC(=O)CCl.O=C(Cl)CCl.O=Cc1ccc(N2CCCC2)cc1. The first-order valence-corrected chi connectivity index (χ1v) is 57.9. The van der Waals surface area contributed by atoms with E-state index in [1.165, 1.54) is 116 Å². The van der Waals surface area contributed by atoms with Crippen LogP contribution in [-0.2, 0) is 59.7 Å². The van der Waals surface area contributed by atoms with Gasteiger partial charge in [-0.3, -0.25) is 43.3 Å². The maximum Gasteiger partial charge on any atom is 0.286 e. The zero-order valence-electron chi connectivity index (χ0n) is 78.0. The van der Waals surface area contributed by atoms with E-state index in [1.807, 2.05) is 161 Å². The number of hydrogen-bond donors (Lipinski definition) is 5. The van der Waals surface area contributed by atoms with E-state index < -0.39 is 5.24 Å². The highest BCUT2D eigenvalue weighted by molar-refractivity contribution is 8.77. The zero-order valence-corrected chi connectivity index (χ0v) is 87.6. The normalized spacial score (nSPS) is 12.9. The number of nitrogens with one attached hydrogen (secondary N) is 3. The first-order valence-electron chi connectivity index (χ1n) is 46.0. The zero-order chi connectivity index (χ0) is 96.5. The van der Waals surface area contributed by atoms with Crippen molar-refractivity contribution in [3.8, 4) is 0 Å². The molecule has 4 aliphatic rings. The number of carbonyl (C=O) groups is 8. The number of rotatable bonds is 48. The van der Waals surface area contributed by atoms with E-state index in [2.05, 4.69) is 121 Å². The summed E-state index contributed by atoms with van der Waals surface area (Å²) in [5.41, 5.74) is 23.3. The molecule has 0 atom stereocenters. The molecule has 7 N–H and O–H groups in total. The Hall–Kier alpha value is -7.07. The molecular weight excluding hydrogens is 1920 g/mol. The average molecular weight is 2060 g/mol. The first-order chi connectivity index (χ1) is 65.3. The van der Waals surface area contributed by atoms with Gasteiger partial charge in [0.05, 0.1) is 11.8 Å². The molecule has 3 amide bonds. The van der Waals surface area contributed by atoms with Crippen molar-refractivity contribution in [2.45, 2.75) is 156 Å². The second-order valence-corrected chi connectivity index (χ2v) is 43.6. The van der Waals surface area contributed by atoms with E-state index in [4.69, 9.17) is 57.9 Å². The minimum atomic E-state index is -0.508. The summed E-state index contributed by atoms with van der Waals surface area (Å²) in [4.78, 5) is 101. The van der Waals surface area contributed by atoms with Gasteiger partial charge in [0.1, 0.15) is 17.9 Å². The standard InChI is InChI=1S/C43H50N5O2S2.C21H28N3O2S2.C11H13NO.C9H15Cl2NO2S2.C6H7N.C5H10.C4H12N2S2.C2H2Cl2O/c49-42(34-45-28-19-38(20-29-45)9-7-36-11-15-40(16-12-36)47-24-1-2-25-47)6-5-32-51-52-33-23-44-43(50)35-46-30-21-39(22-31-46)10-8-37-13-17-41(18-14-37)48-26-3-4-27-48;1-18-5-10-23(11-6-18)16-20(25)4-3-14-27-28-15-9-22-21(26)17-24-12-7-19(2)8-13-24;13-9-10-3-5-11(6-4-10)12-7-1-2-8-12;10-6-8(13)2-1-4-15-16-5-3-12-9(14)7-11;1-6-2-4-7-5-3-6;1-2-4-5-3-1;5-1-3-7-8-4-2-6;3-1-2(4)5/h7-22,28-31H,1-6,23-27,32-35H2;5-8,10-13H,3-4,9,14-17H2,1-2H3;3-6,9H,1-2,7-8H2;1-7H2,(H,12,14);2-5H,1H3;1-5H2;1-6H2;1H2/q2*+1;;;;;;/p+2. The van der Waals surface area contributed by atoms with Crippen LogP contribution < -0.4 is 60.4 Å². The lowest BCUT2D eigenvalue weighted by atomic mass is 10.1. The Morgan fingerprint density at radius 3 is 0.910 bits per heavy atom. The average Bonchev–Trinajstić information content (AvgIpc) is 1.57. The molecule has 134 heavy (non-hydrogen) atoms. The maximum absolute atomic E-state index is 12.5. The van der Waals surface area contributed by atoms with E-state index in [0.717, 1.165) is 141 Å². The monoisotopic (exact) mass is 2060 g/mol. The number of nitrogens with zero attached hydrogens (tertiary/aromatic N) is 8. The van der Waals surface area contributed by atoms with Gasteiger partial charge in [-0.05, 0) is 190 Å². The van der Waals surface area contributed by atoms with Crippen LogP contribution in [0.3, 0.4) is 0 Å². The summed E-state index contributed by atoms with van der Waals surface area (Å²) >= 11 is 20.2. The van der Waals surface area contributed by atoms with Crippen LogP contribution in [0.5, 0.6) is 0 Å². The number of nitrogens with two attached hydrogens (primary N) is 2. The third-order valence-electron chi connectivity index (χ3n) is 20.3. The molecule has 5 aromatic heterocycles. The van der Waals surface area contributed by atoms with Gasteiger partial charge in [-0.15, -0.1) is 34.8 Å². The van der Waals surface area contributed by atoms with Crippen LogP contribution in [0.4, 0.5) is 17.1 Å². The Kier molecular flexibility index (Phi) is 67.3. The summed E-state index contributed by atoms with van der Waals surface area (Å²) in [6, 6.07) is 45.4. The van der Waals surface area contributed by atoms with Crippen LogP contribution in [0, 0.1) is 20.8 Å². The molecule has 728 valence electrons. The summed E-state index contributed by atoms with van der Waals surface area (Å²) in [7, 11) is 14.0. The summed E-state index contributed by atoms with van der Waals surface area (Å²) < 4.78 is 7.65. The molecule has 3 aromatic carbocycles. The van der Waals surface area contributed by atoms with Gasteiger partial charge < -0.3 is 42.1 Å². The summed E-state index contributed by atoms with van der Waals surface area (Å²) in [5, 5.41) is 8.11. The Morgan fingerprint density at radius 2 is 0.619 bits per heavy atom.